The van der Waals surface area contributed by atoms with Crippen LogP contribution in [0.15, 0.2) is 24.3 Å². The molecule has 0 atom stereocenters. The van der Waals surface area contributed by atoms with E-state index in [1.807, 2.05) is 0 Å². The maximum absolute atomic E-state index is 12.7. The van der Waals surface area contributed by atoms with Crippen molar-refractivity contribution in [3.63, 3.8) is 0 Å². The zero-order valence-electron chi connectivity index (χ0n) is 12.3. The molecule has 6 heteroatoms. The van der Waals surface area contributed by atoms with Crippen LogP contribution in [0.2, 0.25) is 0 Å². The number of benzene rings is 1. The summed E-state index contributed by atoms with van der Waals surface area (Å²) in [6.45, 7) is 3.92. The first-order valence-electron chi connectivity index (χ1n) is 6.76. The number of ether oxygens (including phenoxy) is 1. The largest absolute Gasteiger partial charge is 0.494 e. The van der Waals surface area contributed by atoms with Crippen molar-refractivity contribution in [2.75, 3.05) is 13.2 Å². The highest BCUT2D eigenvalue weighted by Crippen LogP contribution is 2.13. The van der Waals surface area contributed by atoms with E-state index in [-0.39, 0.29) is 24.7 Å². The molecule has 0 saturated heterocycles. The van der Waals surface area contributed by atoms with E-state index in [2.05, 4.69) is 5.32 Å². The highest BCUT2D eigenvalue weighted by atomic mass is 19.1. The van der Waals surface area contributed by atoms with Gasteiger partial charge in [0.05, 0.1) is 12.0 Å². The molecule has 21 heavy (non-hydrogen) atoms. The molecule has 1 rings (SSSR count). The SMILES string of the molecule is CC(C)(CNC(=O)CCCOc1ccc(F)cc1)C(N)=O. The van der Waals surface area contributed by atoms with Crippen molar-refractivity contribution >= 4 is 11.8 Å². The quantitative estimate of drug-likeness (QED) is 0.715. The van der Waals surface area contributed by atoms with Gasteiger partial charge in [0, 0.05) is 13.0 Å². The maximum Gasteiger partial charge on any atom is 0.224 e. The van der Waals surface area contributed by atoms with Gasteiger partial charge < -0.3 is 15.8 Å². The van der Waals surface area contributed by atoms with Crippen LogP contribution < -0.4 is 15.8 Å². The minimum Gasteiger partial charge on any atom is -0.494 e. The Labute approximate surface area is 123 Å². The third-order valence-electron chi connectivity index (χ3n) is 3.03. The highest BCUT2D eigenvalue weighted by molar-refractivity contribution is 5.82. The second-order valence-corrected chi connectivity index (χ2v) is 5.43. The Morgan fingerprint density at radius 3 is 2.48 bits per heavy atom. The molecular weight excluding hydrogens is 275 g/mol. The van der Waals surface area contributed by atoms with E-state index in [9.17, 15) is 14.0 Å². The van der Waals surface area contributed by atoms with Crippen LogP contribution in [0.1, 0.15) is 26.7 Å². The molecule has 0 unspecified atom stereocenters. The molecule has 0 saturated carbocycles. The average molecular weight is 296 g/mol. The monoisotopic (exact) mass is 296 g/mol. The smallest absolute Gasteiger partial charge is 0.224 e. The van der Waals surface area contributed by atoms with Crippen LogP contribution in [0.5, 0.6) is 5.75 Å². The summed E-state index contributed by atoms with van der Waals surface area (Å²) in [6, 6.07) is 5.69. The fourth-order valence-corrected chi connectivity index (χ4v) is 1.45. The molecule has 0 heterocycles. The lowest BCUT2D eigenvalue weighted by molar-refractivity contribution is -0.127. The number of rotatable bonds is 8. The van der Waals surface area contributed by atoms with Crippen LogP contribution in [0.25, 0.3) is 0 Å². The molecule has 0 aliphatic carbocycles. The summed E-state index contributed by atoms with van der Waals surface area (Å²) >= 11 is 0. The van der Waals surface area contributed by atoms with E-state index in [4.69, 9.17) is 10.5 Å². The third kappa shape index (κ3) is 6.25. The number of carbonyl (C=O) groups is 2. The molecule has 116 valence electrons. The Balaban J connectivity index is 2.19. The number of nitrogens with one attached hydrogen (secondary N) is 1. The normalized spacial score (nSPS) is 11.0. The van der Waals surface area contributed by atoms with Gasteiger partial charge in [0.25, 0.3) is 0 Å². The van der Waals surface area contributed by atoms with Gasteiger partial charge in [0.15, 0.2) is 0 Å². The Morgan fingerprint density at radius 2 is 1.90 bits per heavy atom. The van der Waals surface area contributed by atoms with Crippen molar-refractivity contribution in [3.8, 4) is 5.75 Å². The van der Waals surface area contributed by atoms with Gasteiger partial charge in [-0.2, -0.15) is 0 Å². The summed E-state index contributed by atoms with van der Waals surface area (Å²) in [7, 11) is 0. The second kappa shape index (κ2) is 7.61. The number of carbonyl (C=O) groups excluding carboxylic acids is 2. The first-order valence-corrected chi connectivity index (χ1v) is 6.76. The first-order chi connectivity index (χ1) is 9.81. The number of hydrogen-bond donors (Lipinski definition) is 2. The van der Waals surface area contributed by atoms with Crippen LogP contribution in [0.4, 0.5) is 4.39 Å². The van der Waals surface area contributed by atoms with E-state index >= 15 is 0 Å². The molecule has 0 aliphatic rings. The van der Waals surface area contributed by atoms with Crippen molar-refractivity contribution in [2.45, 2.75) is 26.7 Å². The van der Waals surface area contributed by atoms with Crippen LogP contribution >= 0.6 is 0 Å². The van der Waals surface area contributed by atoms with Crippen LogP contribution in [-0.4, -0.2) is 25.0 Å². The molecule has 2 amide bonds. The lowest BCUT2D eigenvalue weighted by atomic mass is 9.93. The number of hydrogen-bond acceptors (Lipinski definition) is 3. The topological polar surface area (TPSA) is 81.4 Å². The van der Waals surface area contributed by atoms with Gasteiger partial charge in [-0.1, -0.05) is 0 Å². The predicted molar refractivity (Wildman–Crippen MR) is 77.1 cm³/mol. The fraction of sp³-hybridized carbons (Fsp3) is 0.467. The molecule has 1 aromatic rings. The summed E-state index contributed by atoms with van der Waals surface area (Å²) in [5.74, 6) is -0.375. The van der Waals surface area contributed by atoms with E-state index in [0.29, 0.717) is 18.8 Å². The minimum atomic E-state index is -0.764. The summed E-state index contributed by atoms with van der Waals surface area (Å²) < 4.78 is 18.1. The third-order valence-corrected chi connectivity index (χ3v) is 3.03. The van der Waals surface area contributed by atoms with Gasteiger partial charge in [-0.05, 0) is 44.5 Å². The molecule has 0 spiro atoms. The van der Waals surface area contributed by atoms with E-state index in [1.165, 1.54) is 24.3 Å². The minimum absolute atomic E-state index is 0.160. The van der Waals surface area contributed by atoms with E-state index in [1.54, 1.807) is 13.8 Å². The summed E-state index contributed by atoms with van der Waals surface area (Å²) in [6.07, 6.45) is 0.816. The predicted octanol–water partition coefficient (Wildman–Crippen LogP) is 1.61. The summed E-state index contributed by atoms with van der Waals surface area (Å²) in [4.78, 5) is 22.7. The lowest BCUT2D eigenvalue weighted by Crippen LogP contribution is -2.42. The van der Waals surface area contributed by atoms with Crippen molar-refractivity contribution < 1.29 is 18.7 Å². The lowest BCUT2D eigenvalue weighted by Gasteiger charge is -2.20. The molecule has 0 bridgehead atoms. The van der Waals surface area contributed by atoms with E-state index in [0.717, 1.165) is 0 Å². The van der Waals surface area contributed by atoms with Crippen molar-refractivity contribution in [1.29, 1.82) is 0 Å². The zero-order chi connectivity index (χ0) is 15.9. The van der Waals surface area contributed by atoms with Gasteiger partial charge in [0.1, 0.15) is 11.6 Å². The summed E-state index contributed by atoms with van der Waals surface area (Å²) in [5.41, 5.74) is 4.45. The van der Waals surface area contributed by atoms with Gasteiger partial charge in [-0.3, -0.25) is 9.59 Å². The van der Waals surface area contributed by atoms with Gasteiger partial charge >= 0.3 is 0 Å². The number of halogens is 1. The maximum atomic E-state index is 12.7. The van der Waals surface area contributed by atoms with Crippen molar-refractivity contribution in [1.82, 2.24) is 5.32 Å². The number of primary amides is 1. The number of nitrogens with two attached hydrogens (primary N) is 1. The number of amides is 2. The van der Waals surface area contributed by atoms with Crippen LogP contribution in [-0.2, 0) is 9.59 Å². The molecule has 0 aromatic heterocycles. The standard InChI is InChI=1S/C15H21FN2O3/c1-15(2,14(17)20)10-18-13(19)4-3-9-21-12-7-5-11(16)6-8-12/h5-8H,3-4,9-10H2,1-2H3,(H2,17,20)(H,18,19). The average Bonchev–Trinajstić information content (AvgIpc) is 2.43. The van der Waals surface area contributed by atoms with Crippen molar-refractivity contribution in [3.05, 3.63) is 30.1 Å². The molecule has 1 aromatic carbocycles. The summed E-state index contributed by atoms with van der Waals surface area (Å²) in [5, 5.41) is 2.67. The molecule has 0 aliphatic heterocycles. The Morgan fingerprint density at radius 1 is 1.29 bits per heavy atom. The Kier molecular flexibility index (Phi) is 6.14. The molecule has 3 N–H and O–H groups in total. The van der Waals surface area contributed by atoms with Gasteiger partial charge in [0.2, 0.25) is 11.8 Å². The highest BCUT2D eigenvalue weighted by Gasteiger charge is 2.25. The molecule has 0 fully saturated rings. The Bertz CT molecular complexity index is 486. The fourth-order valence-electron chi connectivity index (χ4n) is 1.45. The zero-order valence-corrected chi connectivity index (χ0v) is 12.3. The van der Waals surface area contributed by atoms with Gasteiger partial charge in [-0.25, -0.2) is 4.39 Å². The van der Waals surface area contributed by atoms with Crippen molar-refractivity contribution in [2.24, 2.45) is 11.1 Å². The molecular formula is C15H21FN2O3. The van der Waals surface area contributed by atoms with Crippen LogP contribution in [0, 0.1) is 11.2 Å². The van der Waals surface area contributed by atoms with E-state index < -0.39 is 11.3 Å². The Hall–Kier alpha value is -2.11. The first kappa shape index (κ1) is 16.9. The molecule has 5 nitrogen and oxygen atoms in total. The van der Waals surface area contributed by atoms with Gasteiger partial charge in [-0.15, -0.1) is 0 Å². The second-order valence-electron chi connectivity index (χ2n) is 5.43. The van der Waals surface area contributed by atoms with Crippen LogP contribution in [0.3, 0.4) is 0 Å². The molecule has 0 radical (unpaired) electrons.